The van der Waals surface area contributed by atoms with Crippen molar-refractivity contribution in [1.29, 1.82) is 0 Å². The first-order valence-electron chi connectivity index (χ1n) is 8.39. The number of nitrogens with zero attached hydrogens (tertiary/aromatic N) is 3. The molecule has 1 aromatic carbocycles. The van der Waals surface area contributed by atoms with E-state index in [1.807, 2.05) is 50.6 Å². The van der Waals surface area contributed by atoms with Crippen molar-refractivity contribution in [1.82, 2.24) is 15.1 Å². The normalized spacial score (nSPS) is 17.7. The number of amides is 1. The minimum atomic E-state index is -0.626. The van der Waals surface area contributed by atoms with Crippen LogP contribution < -0.4 is 16.0 Å². The number of benzene rings is 1. The fraction of sp³-hybridized carbons (Fsp3) is 0.444. The third-order valence-electron chi connectivity index (χ3n) is 4.54. The van der Waals surface area contributed by atoms with E-state index in [1.165, 1.54) is 0 Å². The summed E-state index contributed by atoms with van der Waals surface area (Å²) in [5, 5.41) is 7.33. The summed E-state index contributed by atoms with van der Waals surface area (Å²) in [6.07, 6.45) is 5.88. The van der Waals surface area contributed by atoms with Crippen molar-refractivity contribution in [2.75, 3.05) is 18.0 Å². The van der Waals surface area contributed by atoms with Gasteiger partial charge in [-0.3, -0.25) is 9.48 Å². The molecule has 144 valence electrons. The molecular formula is C18H27Cl2N5O. The summed E-state index contributed by atoms with van der Waals surface area (Å²) in [4.78, 5) is 14.7. The van der Waals surface area contributed by atoms with Gasteiger partial charge in [0.15, 0.2) is 0 Å². The molecule has 0 aliphatic carbocycles. The minimum absolute atomic E-state index is 0. The molecule has 2 heterocycles. The lowest BCUT2D eigenvalue weighted by Crippen LogP contribution is -2.49. The largest absolute Gasteiger partial charge is 0.367 e. The number of carbonyl (C=O) groups excluding carboxylic acids is 1. The van der Waals surface area contributed by atoms with Gasteiger partial charge in [0.25, 0.3) is 0 Å². The molecule has 1 amide bonds. The molecule has 1 fully saturated rings. The van der Waals surface area contributed by atoms with Gasteiger partial charge >= 0.3 is 0 Å². The molecule has 0 spiro atoms. The molecule has 6 nitrogen and oxygen atoms in total. The quantitative estimate of drug-likeness (QED) is 0.826. The molecule has 2 unspecified atom stereocenters. The molecule has 1 aromatic heterocycles. The van der Waals surface area contributed by atoms with Crippen LogP contribution in [0.25, 0.3) is 0 Å². The highest BCUT2D eigenvalue weighted by Gasteiger charge is 2.25. The summed E-state index contributed by atoms with van der Waals surface area (Å²) in [6.45, 7) is 3.80. The highest BCUT2D eigenvalue weighted by atomic mass is 35.5. The molecule has 1 aliphatic heterocycles. The molecule has 26 heavy (non-hydrogen) atoms. The maximum atomic E-state index is 12.5. The van der Waals surface area contributed by atoms with Crippen LogP contribution in [0.1, 0.15) is 30.0 Å². The molecule has 3 rings (SSSR count). The van der Waals surface area contributed by atoms with Gasteiger partial charge in [-0.2, -0.15) is 5.10 Å². The zero-order valence-electron chi connectivity index (χ0n) is 15.1. The minimum Gasteiger partial charge on any atom is -0.367 e. The number of hydrogen-bond donors (Lipinski definition) is 2. The van der Waals surface area contributed by atoms with E-state index in [0.717, 1.165) is 42.7 Å². The van der Waals surface area contributed by atoms with Gasteiger partial charge in [-0.25, -0.2) is 0 Å². The number of carbonyl (C=O) groups is 1. The Morgan fingerprint density at radius 3 is 2.62 bits per heavy atom. The maximum absolute atomic E-state index is 12.5. The van der Waals surface area contributed by atoms with Crippen LogP contribution in [0.5, 0.6) is 0 Å². The third-order valence-corrected chi connectivity index (χ3v) is 4.54. The summed E-state index contributed by atoms with van der Waals surface area (Å²) in [5.41, 5.74) is 9.22. The fourth-order valence-corrected chi connectivity index (χ4v) is 3.12. The number of rotatable bonds is 4. The number of aromatic nitrogens is 2. The lowest BCUT2D eigenvalue weighted by molar-refractivity contribution is -0.123. The topological polar surface area (TPSA) is 76.2 Å². The molecule has 0 saturated carbocycles. The highest BCUT2D eigenvalue weighted by Crippen LogP contribution is 2.20. The Morgan fingerprint density at radius 2 is 2.00 bits per heavy atom. The third kappa shape index (κ3) is 5.37. The predicted molar refractivity (Wildman–Crippen MR) is 109 cm³/mol. The van der Waals surface area contributed by atoms with Gasteiger partial charge in [-0.1, -0.05) is 29.8 Å². The van der Waals surface area contributed by atoms with Crippen LogP contribution in [0.4, 0.5) is 5.69 Å². The lowest BCUT2D eigenvalue weighted by atomic mass is 10.0. The Bertz CT molecular complexity index is 704. The van der Waals surface area contributed by atoms with Crippen molar-refractivity contribution in [2.24, 2.45) is 12.8 Å². The van der Waals surface area contributed by atoms with E-state index in [0.29, 0.717) is 0 Å². The standard InChI is InChI=1S/C18H25N5O.2ClH/c1-13-5-7-14(8-6-13)17(19)18(24)21-15-4-3-9-23(11-15)16-10-20-22(2)12-16;;/h5-8,10,12,15,17H,3-4,9,11,19H2,1-2H3,(H,21,24);2*1H. The summed E-state index contributed by atoms with van der Waals surface area (Å²) < 4.78 is 1.80. The molecule has 0 bridgehead atoms. The number of nitrogens with one attached hydrogen (secondary N) is 1. The van der Waals surface area contributed by atoms with Gasteiger partial charge in [-0.15, -0.1) is 24.8 Å². The Kier molecular flexibility index (Phi) is 8.40. The van der Waals surface area contributed by atoms with Crippen molar-refractivity contribution in [3.05, 3.63) is 47.8 Å². The smallest absolute Gasteiger partial charge is 0.241 e. The first-order chi connectivity index (χ1) is 11.5. The van der Waals surface area contributed by atoms with Crippen molar-refractivity contribution in [2.45, 2.75) is 31.8 Å². The first kappa shape index (κ1) is 22.3. The van der Waals surface area contributed by atoms with Crippen LogP contribution in [0, 0.1) is 6.92 Å². The molecule has 2 aromatic rings. The number of aryl methyl sites for hydroxylation is 2. The molecule has 1 aliphatic rings. The fourth-order valence-electron chi connectivity index (χ4n) is 3.12. The number of piperidine rings is 1. The van der Waals surface area contributed by atoms with Crippen LogP contribution in [-0.4, -0.2) is 34.8 Å². The number of anilines is 1. The first-order valence-corrected chi connectivity index (χ1v) is 8.39. The number of hydrogen-bond acceptors (Lipinski definition) is 4. The van der Waals surface area contributed by atoms with Gasteiger partial charge in [-0.05, 0) is 25.3 Å². The predicted octanol–water partition coefficient (Wildman–Crippen LogP) is 2.36. The van der Waals surface area contributed by atoms with E-state index in [1.54, 1.807) is 4.68 Å². The number of halogens is 2. The summed E-state index contributed by atoms with van der Waals surface area (Å²) in [5.74, 6) is -0.114. The van der Waals surface area contributed by atoms with E-state index >= 15 is 0 Å². The summed E-state index contributed by atoms with van der Waals surface area (Å²) in [7, 11) is 1.91. The van der Waals surface area contributed by atoms with E-state index < -0.39 is 6.04 Å². The lowest BCUT2D eigenvalue weighted by Gasteiger charge is -2.34. The monoisotopic (exact) mass is 399 g/mol. The molecular weight excluding hydrogens is 373 g/mol. The highest BCUT2D eigenvalue weighted by molar-refractivity contribution is 5.85. The van der Waals surface area contributed by atoms with Gasteiger partial charge in [0.2, 0.25) is 5.91 Å². The van der Waals surface area contributed by atoms with E-state index in [4.69, 9.17) is 5.73 Å². The van der Waals surface area contributed by atoms with Crippen LogP contribution in [0.3, 0.4) is 0 Å². The van der Waals surface area contributed by atoms with Crippen LogP contribution >= 0.6 is 24.8 Å². The second kappa shape index (κ2) is 9.80. The van der Waals surface area contributed by atoms with E-state index in [2.05, 4.69) is 15.3 Å². The van der Waals surface area contributed by atoms with Crippen molar-refractivity contribution >= 4 is 36.4 Å². The van der Waals surface area contributed by atoms with Crippen LogP contribution in [0.15, 0.2) is 36.7 Å². The molecule has 0 radical (unpaired) electrons. The second-order valence-electron chi connectivity index (χ2n) is 6.55. The summed E-state index contributed by atoms with van der Waals surface area (Å²) >= 11 is 0. The summed E-state index contributed by atoms with van der Waals surface area (Å²) in [6, 6.07) is 7.29. The maximum Gasteiger partial charge on any atom is 0.241 e. The average molecular weight is 400 g/mol. The molecule has 3 N–H and O–H groups in total. The molecule has 2 atom stereocenters. The van der Waals surface area contributed by atoms with E-state index in [-0.39, 0.29) is 36.8 Å². The van der Waals surface area contributed by atoms with Gasteiger partial charge in [0.1, 0.15) is 6.04 Å². The van der Waals surface area contributed by atoms with Crippen LogP contribution in [0.2, 0.25) is 0 Å². The van der Waals surface area contributed by atoms with E-state index in [9.17, 15) is 4.79 Å². The zero-order valence-corrected chi connectivity index (χ0v) is 16.7. The second-order valence-corrected chi connectivity index (χ2v) is 6.55. The van der Waals surface area contributed by atoms with Gasteiger partial charge < -0.3 is 16.0 Å². The average Bonchev–Trinajstić information content (AvgIpc) is 3.02. The Balaban J connectivity index is 0.00000169. The SMILES string of the molecule is Cc1ccc(C(N)C(=O)NC2CCCN(c3cnn(C)c3)C2)cc1.Cl.Cl. The Morgan fingerprint density at radius 1 is 1.31 bits per heavy atom. The Hall–Kier alpha value is -1.76. The number of nitrogens with two attached hydrogens (primary N) is 1. The van der Waals surface area contributed by atoms with Crippen molar-refractivity contribution in [3.8, 4) is 0 Å². The molecule has 1 saturated heterocycles. The van der Waals surface area contributed by atoms with Crippen LogP contribution in [-0.2, 0) is 11.8 Å². The van der Waals surface area contributed by atoms with Gasteiger partial charge in [0, 0.05) is 32.4 Å². The van der Waals surface area contributed by atoms with Crippen molar-refractivity contribution in [3.63, 3.8) is 0 Å². The van der Waals surface area contributed by atoms with Crippen molar-refractivity contribution < 1.29 is 4.79 Å². The Labute approximate surface area is 166 Å². The molecule has 8 heteroatoms. The van der Waals surface area contributed by atoms with Gasteiger partial charge in [0.05, 0.1) is 11.9 Å². The zero-order chi connectivity index (χ0) is 17.1.